The summed E-state index contributed by atoms with van der Waals surface area (Å²) in [6.07, 6.45) is 0.620. The van der Waals surface area contributed by atoms with Crippen molar-refractivity contribution in [3.63, 3.8) is 0 Å². The van der Waals surface area contributed by atoms with Gasteiger partial charge in [0, 0.05) is 12.1 Å². The van der Waals surface area contributed by atoms with Gasteiger partial charge in [-0.2, -0.15) is 0 Å². The van der Waals surface area contributed by atoms with Gasteiger partial charge in [0.15, 0.2) is 0 Å². The maximum absolute atomic E-state index is 13.1. The predicted octanol–water partition coefficient (Wildman–Crippen LogP) is 1.25. The van der Waals surface area contributed by atoms with E-state index in [0.717, 1.165) is 12.1 Å². The maximum Gasteiger partial charge on any atom is 0.229 e. The van der Waals surface area contributed by atoms with Crippen LogP contribution in [0, 0.1) is 17.6 Å². The smallest absolute Gasteiger partial charge is 0.229 e. The fourth-order valence-corrected chi connectivity index (χ4v) is 1.33. The number of carbonyl (C=O) groups excluding carboxylic acids is 1. The van der Waals surface area contributed by atoms with E-state index in [1.54, 1.807) is 0 Å². The number of hydrogen-bond donors (Lipinski definition) is 2. The van der Waals surface area contributed by atoms with E-state index >= 15 is 0 Å². The van der Waals surface area contributed by atoms with E-state index in [-0.39, 0.29) is 23.6 Å². The number of benzene rings is 1. The normalized spacial score (nSPS) is 23.7. The van der Waals surface area contributed by atoms with Crippen LogP contribution in [0.25, 0.3) is 0 Å². The molecule has 0 radical (unpaired) electrons. The van der Waals surface area contributed by atoms with Gasteiger partial charge in [-0.05, 0) is 18.6 Å². The van der Waals surface area contributed by atoms with Crippen LogP contribution in [-0.2, 0) is 4.79 Å². The van der Waals surface area contributed by atoms with E-state index in [1.807, 2.05) is 0 Å². The first-order valence-electron chi connectivity index (χ1n) is 4.59. The number of hydrogen-bond acceptors (Lipinski definition) is 2. The minimum Gasteiger partial charge on any atom is -0.327 e. The summed E-state index contributed by atoms with van der Waals surface area (Å²) in [5.41, 5.74) is 5.46. The summed E-state index contributed by atoms with van der Waals surface area (Å²) in [6.45, 7) is 0. The molecule has 0 aliphatic heterocycles. The summed E-state index contributed by atoms with van der Waals surface area (Å²) in [4.78, 5) is 11.4. The predicted molar refractivity (Wildman–Crippen MR) is 51.1 cm³/mol. The number of rotatable bonds is 2. The molecule has 0 spiro atoms. The Morgan fingerprint density at radius 3 is 2.67 bits per heavy atom. The summed E-state index contributed by atoms with van der Waals surface area (Å²) in [5.74, 6) is -2.01. The zero-order chi connectivity index (χ0) is 11.0. The number of halogens is 2. The number of amides is 1. The summed E-state index contributed by atoms with van der Waals surface area (Å²) in [6, 6.07) is 2.87. The highest BCUT2D eigenvalue weighted by atomic mass is 19.1. The Morgan fingerprint density at radius 2 is 2.13 bits per heavy atom. The molecule has 3 N–H and O–H groups in total. The Hall–Kier alpha value is -1.49. The van der Waals surface area contributed by atoms with E-state index in [2.05, 4.69) is 5.32 Å². The molecule has 1 aliphatic carbocycles. The highest BCUT2D eigenvalue weighted by Gasteiger charge is 2.40. The van der Waals surface area contributed by atoms with Gasteiger partial charge in [-0.25, -0.2) is 8.78 Å². The Morgan fingerprint density at radius 1 is 1.47 bits per heavy atom. The van der Waals surface area contributed by atoms with Crippen LogP contribution in [0.5, 0.6) is 0 Å². The van der Waals surface area contributed by atoms with Crippen LogP contribution in [0.15, 0.2) is 18.2 Å². The minimum atomic E-state index is -0.780. The van der Waals surface area contributed by atoms with Gasteiger partial charge < -0.3 is 11.1 Å². The van der Waals surface area contributed by atoms with Gasteiger partial charge in [-0.1, -0.05) is 0 Å². The molecule has 2 rings (SSSR count). The van der Waals surface area contributed by atoms with Crippen molar-refractivity contribution in [2.45, 2.75) is 12.5 Å². The molecule has 2 atom stereocenters. The van der Waals surface area contributed by atoms with Gasteiger partial charge in [-0.3, -0.25) is 4.79 Å². The largest absolute Gasteiger partial charge is 0.327 e. The maximum atomic E-state index is 13.1. The van der Waals surface area contributed by atoms with Gasteiger partial charge in [0.05, 0.1) is 11.6 Å². The molecule has 0 bridgehead atoms. The molecule has 15 heavy (non-hydrogen) atoms. The summed E-state index contributed by atoms with van der Waals surface area (Å²) < 4.78 is 25.7. The fourth-order valence-electron chi connectivity index (χ4n) is 1.33. The van der Waals surface area contributed by atoms with Crippen LogP contribution in [0.2, 0.25) is 0 Å². The first-order valence-corrected chi connectivity index (χ1v) is 4.59. The fraction of sp³-hybridized carbons (Fsp3) is 0.300. The first kappa shape index (κ1) is 10.0. The van der Waals surface area contributed by atoms with Crippen LogP contribution in [0.4, 0.5) is 14.5 Å². The van der Waals surface area contributed by atoms with Crippen LogP contribution < -0.4 is 11.1 Å². The average molecular weight is 212 g/mol. The molecule has 80 valence electrons. The van der Waals surface area contributed by atoms with E-state index in [4.69, 9.17) is 5.73 Å². The summed E-state index contributed by atoms with van der Waals surface area (Å²) in [5, 5.41) is 2.37. The zero-order valence-corrected chi connectivity index (χ0v) is 7.84. The molecule has 1 fully saturated rings. The highest BCUT2D eigenvalue weighted by molar-refractivity contribution is 5.95. The van der Waals surface area contributed by atoms with Crippen molar-refractivity contribution in [3.8, 4) is 0 Å². The Kier molecular flexibility index (Phi) is 2.40. The Labute approximate surface area is 85.3 Å². The lowest BCUT2D eigenvalue weighted by molar-refractivity contribution is -0.117. The molecule has 0 heterocycles. The Bertz CT molecular complexity index is 408. The minimum absolute atomic E-state index is 0.0134. The number of anilines is 1. The lowest BCUT2D eigenvalue weighted by Crippen LogP contribution is -2.19. The van der Waals surface area contributed by atoms with Crippen molar-refractivity contribution in [2.24, 2.45) is 11.7 Å². The molecule has 0 saturated heterocycles. The van der Waals surface area contributed by atoms with Crippen LogP contribution >= 0.6 is 0 Å². The third-order valence-electron chi connectivity index (χ3n) is 2.37. The zero-order valence-electron chi connectivity index (χ0n) is 7.84. The number of nitrogens with two attached hydrogens (primary N) is 1. The van der Waals surface area contributed by atoms with Gasteiger partial charge in [-0.15, -0.1) is 0 Å². The molecular formula is C10H10F2N2O. The molecule has 3 nitrogen and oxygen atoms in total. The SMILES string of the molecule is NC1CC1C(=O)Nc1ccc(F)cc1F. The first-order chi connectivity index (χ1) is 7.08. The molecule has 1 aliphatic rings. The lowest BCUT2D eigenvalue weighted by atomic mass is 10.2. The molecule has 0 aromatic heterocycles. The second-order valence-corrected chi connectivity index (χ2v) is 3.62. The summed E-state index contributed by atoms with van der Waals surface area (Å²) in [7, 11) is 0. The van der Waals surface area contributed by atoms with Crippen molar-refractivity contribution in [2.75, 3.05) is 5.32 Å². The van der Waals surface area contributed by atoms with Gasteiger partial charge in [0.25, 0.3) is 0 Å². The van der Waals surface area contributed by atoms with E-state index in [0.29, 0.717) is 6.42 Å². The third-order valence-corrected chi connectivity index (χ3v) is 2.37. The van der Waals surface area contributed by atoms with Crippen molar-refractivity contribution >= 4 is 11.6 Å². The second kappa shape index (κ2) is 3.58. The standard InChI is InChI=1S/C10H10F2N2O/c11-5-1-2-9(7(12)3-5)14-10(15)6-4-8(6)13/h1-3,6,8H,4,13H2,(H,14,15). The Balaban J connectivity index is 2.07. The number of nitrogens with one attached hydrogen (secondary N) is 1. The molecule has 1 saturated carbocycles. The lowest BCUT2D eigenvalue weighted by Gasteiger charge is -2.05. The van der Waals surface area contributed by atoms with Crippen molar-refractivity contribution in [1.82, 2.24) is 0 Å². The van der Waals surface area contributed by atoms with Crippen LogP contribution in [0.3, 0.4) is 0 Å². The molecule has 1 amide bonds. The van der Waals surface area contributed by atoms with Crippen molar-refractivity contribution in [1.29, 1.82) is 0 Å². The molecule has 1 aromatic carbocycles. The monoisotopic (exact) mass is 212 g/mol. The molecule has 1 aromatic rings. The van der Waals surface area contributed by atoms with E-state index < -0.39 is 11.6 Å². The topological polar surface area (TPSA) is 55.1 Å². The summed E-state index contributed by atoms with van der Waals surface area (Å²) >= 11 is 0. The quantitative estimate of drug-likeness (QED) is 0.775. The number of carbonyl (C=O) groups is 1. The van der Waals surface area contributed by atoms with Crippen molar-refractivity contribution in [3.05, 3.63) is 29.8 Å². The highest BCUT2D eigenvalue weighted by Crippen LogP contribution is 2.29. The molecule has 5 heteroatoms. The van der Waals surface area contributed by atoms with E-state index in [1.165, 1.54) is 6.07 Å². The van der Waals surface area contributed by atoms with Gasteiger partial charge in [0.1, 0.15) is 11.6 Å². The van der Waals surface area contributed by atoms with Gasteiger partial charge >= 0.3 is 0 Å². The van der Waals surface area contributed by atoms with Crippen LogP contribution in [0.1, 0.15) is 6.42 Å². The molecule has 2 unspecified atom stereocenters. The van der Waals surface area contributed by atoms with Crippen LogP contribution in [-0.4, -0.2) is 11.9 Å². The third kappa shape index (κ3) is 2.12. The molecular weight excluding hydrogens is 202 g/mol. The van der Waals surface area contributed by atoms with Crippen molar-refractivity contribution < 1.29 is 13.6 Å². The van der Waals surface area contributed by atoms with E-state index in [9.17, 15) is 13.6 Å². The second-order valence-electron chi connectivity index (χ2n) is 3.62. The van der Waals surface area contributed by atoms with Gasteiger partial charge in [0.2, 0.25) is 5.91 Å². The average Bonchev–Trinajstić information content (AvgIpc) is 2.88.